The molecule has 0 radical (unpaired) electrons. The fraction of sp³-hybridized carbons (Fsp3) is 0.381. The summed E-state index contributed by atoms with van der Waals surface area (Å²) in [7, 11) is 0. The van der Waals surface area contributed by atoms with E-state index in [4.69, 9.17) is 4.74 Å². The number of carbonyl (C=O) groups is 2. The van der Waals surface area contributed by atoms with Gasteiger partial charge in [-0.3, -0.25) is 9.78 Å². The van der Waals surface area contributed by atoms with Crippen LogP contribution in [-0.2, 0) is 11.3 Å². The van der Waals surface area contributed by atoms with Gasteiger partial charge < -0.3 is 20.3 Å². The molecule has 28 heavy (non-hydrogen) atoms. The minimum atomic E-state index is -0.175. The van der Waals surface area contributed by atoms with E-state index in [2.05, 4.69) is 15.6 Å². The van der Waals surface area contributed by atoms with Gasteiger partial charge in [-0.25, -0.2) is 4.79 Å². The second-order valence-electron chi connectivity index (χ2n) is 6.88. The van der Waals surface area contributed by atoms with Crippen molar-refractivity contribution in [1.82, 2.24) is 20.5 Å². The number of amides is 3. The lowest BCUT2D eigenvalue weighted by Crippen LogP contribution is -2.46. The molecule has 1 aliphatic heterocycles. The van der Waals surface area contributed by atoms with Gasteiger partial charge in [0.1, 0.15) is 12.4 Å². The van der Waals surface area contributed by atoms with Gasteiger partial charge in [0, 0.05) is 37.9 Å². The van der Waals surface area contributed by atoms with Crippen molar-refractivity contribution in [3.8, 4) is 5.75 Å². The first-order valence-corrected chi connectivity index (χ1v) is 9.51. The number of rotatable bonds is 8. The van der Waals surface area contributed by atoms with Crippen LogP contribution in [0.4, 0.5) is 4.79 Å². The van der Waals surface area contributed by atoms with Gasteiger partial charge >= 0.3 is 6.03 Å². The summed E-state index contributed by atoms with van der Waals surface area (Å²) in [6, 6.07) is 11.4. The molecule has 3 rings (SSSR count). The topological polar surface area (TPSA) is 83.6 Å². The highest BCUT2D eigenvalue weighted by molar-refractivity contribution is 5.79. The van der Waals surface area contributed by atoms with Gasteiger partial charge in [-0.15, -0.1) is 0 Å². The molecule has 148 valence electrons. The van der Waals surface area contributed by atoms with Crippen molar-refractivity contribution in [3.63, 3.8) is 0 Å². The number of nitrogens with one attached hydrogen (secondary N) is 2. The van der Waals surface area contributed by atoms with E-state index in [0.29, 0.717) is 32.7 Å². The first kappa shape index (κ1) is 19.7. The van der Waals surface area contributed by atoms with Gasteiger partial charge in [0.05, 0.1) is 6.54 Å². The number of ether oxygens (including phenoxy) is 1. The van der Waals surface area contributed by atoms with Crippen LogP contribution in [0.5, 0.6) is 5.75 Å². The number of pyridine rings is 1. The molecule has 1 aromatic heterocycles. The van der Waals surface area contributed by atoms with E-state index in [0.717, 1.165) is 23.3 Å². The second kappa shape index (κ2) is 9.73. The average Bonchev–Trinajstić information content (AvgIpc) is 3.11. The van der Waals surface area contributed by atoms with E-state index in [-0.39, 0.29) is 18.0 Å². The lowest BCUT2D eigenvalue weighted by molar-refractivity contribution is -0.119. The molecule has 0 unspecified atom stereocenters. The summed E-state index contributed by atoms with van der Waals surface area (Å²) in [5.41, 5.74) is 2.05. The lowest BCUT2D eigenvalue weighted by atomic mass is 10.2. The molecule has 0 bridgehead atoms. The summed E-state index contributed by atoms with van der Waals surface area (Å²) in [6.07, 6.45) is 4.67. The summed E-state index contributed by atoms with van der Waals surface area (Å²) < 4.78 is 5.73. The molecule has 2 heterocycles. The number of urea groups is 1. The van der Waals surface area contributed by atoms with E-state index < -0.39 is 0 Å². The Morgan fingerprint density at radius 2 is 2.07 bits per heavy atom. The smallest absolute Gasteiger partial charge is 0.317 e. The van der Waals surface area contributed by atoms with Crippen LogP contribution in [0.25, 0.3) is 0 Å². The molecule has 1 saturated heterocycles. The number of benzene rings is 1. The van der Waals surface area contributed by atoms with Gasteiger partial charge in [0.25, 0.3) is 0 Å². The Balaban J connectivity index is 1.53. The fourth-order valence-electron chi connectivity index (χ4n) is 3.16. The maximum absolute atomic E-state index is 12.7. The average molecular weight is 382 g/mol. The largest absolute Gasteiger partial charge is 0.491 e. The Labute approximate surface area is 165 Å². The Morgan fingerprint density at radius 1 is 1.29 bits per heavy atom. The lowest BCUT2D eigenvalue weighted by Gasteiger charge is -2.26. The van der Waals surface area contributed by atoms with Crippen LogP contribution in [0, 0.1) is 6.92 Å². The highest BCUT2D eigenvalue weighted by Crippen LogP contribution is 2.15. The van der Waals surface area contributed by atoms with Crippen molar-refractivity contribution in [2.75, 3.05) is 19.7 Å². The standard InChI is InChI=1S/C21H26N4O3/c1-16-4-2-3-5-19(16)28-13-12-23-21(27)25(14-17-8-10-22-11-9-17)15-18-6-7-20(26)24-18/h2-5,8-11,18H,6-7,12-15H2,1H3,(H,23,27)(H,24,26)/t18-/m0/s1. The Bertz CT molecular complexity index is 797. The van der Waals surface area contributed by atoms with E-state index in [1.807, 2.05) is 43.3 Å². The Hall–Kier alpha value is -3.09. The van der Waals surface area contributed by atoms with Gasteiger partial charge in [0.2, 0.25) is 5.91 Å². The molecule has 1 fully saturated rings. The third-order valence-corrected chi connectivity index (χ3v) is 4.67. The van der Waals surface area contributed by atoms with Crippen LogP contribution >= 0.6 is 0 Å². The van der Waals surface area contributed by atoms with E-state index in [9.17, 15) is 9.59 Å². The molecule has 7 heteroatoms. The molecule has 3 amide bonds. The molecule has 0 aliphatic carbocycles. The number of para-hydroxylation sites is 1. The van der Waals surface area contributed by atoms with Crippen LogP contribution in [0.15, 0.2) is 48.8 Å². The number of nitrogens with zero attached hydrogens (tertiary/aromatic N) is 2. The van der Waals surface area contributed by atoms with Crippen LogP contribution in [0.3, 0.4) is 0 Å². The number of hydrogen-bond donors (Lipinski definition) is 2. The van der Waals surface area contributed by atoms with Crippen LogP contribution in [-0.4, -0.2) is 47.6 Å². The molecule has 0 spiro atoms. The fourth-order valence-corrected chi connectivity index (χ4v) is 3.16. The highest BCUT2D eigenvalue weighted by Gasteiger charge is 2.25. The monoisotopic (exact) mass is 382 g/mol. The van der Waals surface area contributed by atoms with Crippen LogP contribution < -0.4 is 15.4 Å². The number of carbonyl (C=O) groups excluding carboxylic acids is 2. The summed E-state index contributed by atoms with van der Waals surface area (Å²) in [5.74, 6) is 0.861. The quantitative estimate of drug-likeness (QED) is 0.686. The van der Waals surface area contributed by atoms with Crippen molar-refractivity contribution in [2.24, 2.45) is 0 Å². The molecule has 7 nitrogen and oxygen atoms in total. The van der Waals surface area contributed by atoms with Crippen molar-refractivity contribution < 1.29 is 14.3 Å². The van der Waals surface area contributed by atoms with Crippen LogP contribution in [0.1, 0.15) is 24.0 Å². The van der Waals surface area contributed by atoms with E-state index >= 15 is 0 Å². The van der Waals surface area contributed by atoms with Crippen LogP contribution in [0.2, 0.25) is 0 Å². The summed E-state index contributed by atoms with van der Waals surface area (Å²) in [5, 5.41) is 5.83. The number of aromatic nitrogens is 1. The predicted octanol–water partition coefficient (Wildman–Crippen LogP) is 2.26. The molecule has 2 N–H and O–H groups in total. The molecular weight excluding hydrogens is 356 g/mol. The number of hydrogen-bond acceptors (Lipinski definition) is 4. The van der Waals surface area contributed by atoms with Crippen molar-refractivity contribution >= 4 is 11.9 Å². The molecular formula is C21H26N4O3. The summed E-state index contributed by atoms with van der Waals surface area (Å²) >= 11 is 0. The third-order valence-electron chi connectivity index (χ3n) is 4.67. The summed E-state index contributed by atoms with van der Waals surface area (Å²) in [4.78, 5) is 29.9. The first-order valence-electron chi connectivity index (χ1n) is 9.51. The molecule has 0 saturated carbocycles. The maximum atomic E-state index is 12.7. The van der Waals surface area contributed by atoms with Crippen molar-refractivity contribution in [2.45, 2.75) is 32.4 Å². The molecule has 1 aromatic carbocycles. The third kappa shape index (κ3) is 5.70. The molecule has 1 atom stereocenters. The maximum Gasteiger partial charge on any atom is 0.317 e. The zero-order chi connectivity index (χ0) is 19.8. The van der Waals surface area contributed by atoms with Crippen molar-refractivity contribution in [3.05, 3.63) is 59.9 Å². The Morgan fingerprint density at radius 3 is 2.79 bits per heavy atom. The normalized spacial score (nSPS) is 15.8. The molecule has 2 aromatic rings. The highest BCUT2D eigenvalue weighted by atomic mass is 16.5. The zero-order valence-electron chi connectivity index (χ0n) is 16.1. The SMILES string of the molecule is Cc1ccccc1OCCNC(=O)N(Cc1ccncc1)C[C@@H]1CCC(=O)N1. The van der Waals surface area contributed by atoms with Gasteiger partial charge in [0.15, 0.2) is 0 Å². The minimum absolute atomic E-state index is 0.0108. The molecule has 1 aliphatic rings. The second-order valence-corrected chi connectivity index (χ2v) is 6.88. The van der Waals surface area contributed by atoms with Gasteiger partial charge in [-0.2, -0.15) is 0 Å². The number of aryl methyl sites for hydroxylation is 1. The van der Waals surface area contributed by atoms with E-state index in [1.54, 1.807) is 17.3 Å². The van der Waals surface area contributed by atoms with Crippen molar-refractivity contribution in [1.29, 1.82) is 0 Å². The van der Waals surface area contributed by atoms with E-state index in [1.165, 1.54) is 0 Å². The first-order chi connectivity index (χ1) is 13.6. The minimum Gasteiger partial charge on any atom is -0.491 e. The van der Waals surface area contributed by atoms with Gasteiger partial charge in [-0.05, 0) is 42.7 Å². The Kier molecular flexibility index (Phi) is 6.84. The predicted molar refractivity (Wildman–Crippen MR) is 106 cm³/mol. The summed E-state index contributed by atoms with van der Waals surface area (Å²) in [6.45, 7) is 3.70. The van der Waals surface area contributed by atoms with Gasteiger partial charge in [-0.1, -0.05) is 18.2 Å². The zero-order valence-corrected chi connectivity index (χ0v) is 16.1.